The highest BCUT2D eigenvalue weighted by molar-refractivity contribution is 6.39. The number of ether oxygens (including phenoxy) is 3. The summed E-state index contributed by atoms with van der Waals surface area (Å²) in [6.07, 6.45) is 2.28. The van der Waals surface area contributed by atoms with Gasteiger partial charge in [-0.1, -0.05) is 31.2 Å². The number of rotatable bonds is 9. The highest BCUT2D eigenvalue weighted by atomic mass is 16.5. The molecule has 1 saturated heterocycles. The topological polar surface area (TPSA) is 94.2 Å². The molecule has 0 spiro atoms. The number of carbonyl (C=O) groups excluding carboxylic acids is 3. The van der Waals surface area contributed by atoms with Gasteiger partial charge in [0.2, 0.25) is 0 Å². The predicted molar refractivity (Wildman–Crippen MR) is 144 cm³/mol. The average Bonchev–Trinajstić information content (AvgIpc) is 2.91. The van der Waals surface area contributed by atoms with Crippen LogP contribution < -0.4 is 24.4 Å². The Labute approximate surface area is 221 Å². The van der Waals surface area contributed by atoms with E-state index in [0.717, 1.165) is 16.9 Å². The first-order valence-electron chi connectivity index (χ1n) is 12.3. The second kappa shape index (κ2) is 11.6. The van der Waals surface area contributed by atoms with Crippen molar-refractivity contribution in [3.8, 4) is 17.2 Å². The standard InChI is InChI=1S/C30H30N2O6/c1-5-14-37-24-11-9-23(10-12-24)32-29(34)25(28(33)31-30(32)35)16-21-8-13-26(27(17-21)36-4)38-18-22-7-6-19(2)20(3)15-22/h6-13,15-17H,5,14,18H2,1-4H3,(H,31,33,35)/b25-16-. The van der Waals surface area contributed by atoms with Crippen LogP contribution in [0.4, 0.5) is 10.5 Å². The SMILES string of the molecule is CCCOc1ccc(N2C(=O)NC(=O)/C(=C/c3ccc(OCc4ccc(C)c(C)c4)c(OC)c3)C2=O)cc1. The number of urea groups is 1. The van der Waals surface area contributed by atoms with E-state index in [2.05, 4.69) is 31.3 Å². The van der Waals surface area contributed by atoms with Crippen molar-refractivity contribution >= 4 is 29.6 Å². The number of carbonyl (C=O) groups is 3. The Morgan fingerprint density at radius 2 is 1.63 bits per heavy atom. The molecule has 1 N–H and O–H groups in total. The molecule has 3 aromatic rings. The molecule has 1 aliphatic heterocycles. The molecule has 0 atom stereocenters. The van der Waals surface area contributed by atoms with E-state index in [1.54, 1.807) is 42.5 Å². The summed E-state index contributed by atoms with van der Waals surface area (Å²) >= 11 is 0. The molecule has 196 valence electrons. The molecular formula is C30H30N2O6. The van der Waals surface area contributed by atoms with Gasteiger partial charge in [-0.3, -0.25) is 14.9 Å². The lowest BCUT2D eigenvalue weighted by atomic mass is 10.1. The zero-order chi connectivity index (χ0) is 27.2. The molecule has 3 aromatic carbocycles. The first kappa shape index (κ1) is 26.5. The second-order valence-electron chi connectivity index (χ2n) is 8.92. The van der Waals surface area contributed by atoms with E-state index in [1.165, 1.54) is 24.3 Å². The van der Waals surface area contributed by atoms with E-state index >= 15 is 0 Å². The maximum Gasteiger partial charge on any atom is 0.335 e. The van der Waals surface area contributed by atoms with Gasteiger partial charge in [0, 0.05) is 0 Å². The highest BCUT2D eigenvalue weighted by Gasteiger charge is 2.36. The Hall–Kier alpha value is -4.59. The van der Waals surface area contributed by atoms with Crippen LogP contribution in [0.1, 0.15) is 35.6 Å². The number of imide groups is 2. The van der Waals surface area contributed by atoms with Crippen LogP contribution in [0.15, 0.2) is 66.2 Å². The molecule has 38 heavy (non-hydrogen) atoms. The van der Waals surface area contributed by atoms with Crippen LogP contribution in [0.2, 0.25) is 0 Å². The molecule has 0 aliphatic carbocycles. The minimum atomic E-state index is -0.813. The number of methoxy groups -OCH3 is 1. The number of aryl methyl sites for hydroxylation is 2. The maximum atomic E-state index is 13.2. The summed E-state index contributed by atoms with van der Waals surface area (Å²) in [5.74, 6) is 0.0966. The largest absolute Gasteiger partial charge is 0.494 e. The normalized spacial score (nSPS) is 14.5. The molecule has 1 aliphatic rings. The van der Waals surface area contributed by atoms with E-state index in [4.69, 9.17) is 14.2 Å². The Kier molecular flexibility index (Phi) is 8.11. The number of anilines is 1. The molecule has 0 bridgehead atoms. The molecule has 0 saturated carbocycles. The van der Waals surface area contributed by atoms with Crippen LogP contribution in [-0.4, -0.2) is 31.6 Å². The molecular weight excluding hydrogens is 484 g/mol. The highest BCUT2D eigenvalue weighted by Crippen LogP contribution is 2.31. The molecule has 1 fully saturated rings. The first-order valence-corrected chi connectivity index (χ1v) is 12.3. The lowest BCUT2D eigenvalue weighted by Gasteiger charge is -2.26. The molecule has 4 rings (SSSR count). The third-order valence-electron chi connectivity index (χ3n) is 6.13. The van der Waals surface area contributed by atoms with Gasteiger partial charge in [-0.05, 0) is 85.0 Å². The van der Waals surface area contributed by atoms with Gasteiger partial charge in [0.25, 0.3) is 11.8 Å². The quantitative estimate of drug-likeness (QED) is 0.306. The molecule has 4 amide bonds. The first-order chi connectivity index (χ1) is 18.3. The summed E-state index contributed by atoms with van der Waals surface area (Å²) in [6, 6.07) is 17.0. The van der Waals surface area contributed by atoms with Gasteiger partial charge in [0.1, 0.15) is 17.9 Å². The van der Waals surface area contributed by atoms with Crippen LogP contribution >= 0.6 is 0 Å². The number of nitrogens with zero attached hydrogens (tertiary/aromatic N) is 1. The van der Waals surface area contributed by atoms with E-state index < -0.39 is 17.8 Å². The molecule has 8 heteroatoms. The Morgan fingerprint density at radius 3 is 2.32 bits per heavy atom. The van der Waals surface area contributed by atoms with E-state index in [0.29, 0.717) is 41.7 Å². The molecule has 8 nitrogen and oxygen atoms in total. The summed E-state index contributed by atoms with van der Waals surface area (Å²) in [5, 5.41) is 2.24. The van der Waals surface area contributed by atoms with Crippen LogP contribution in [0, 0.1) is 13.8 Å². The third-order valence-corrected chi connectivity index (χ3v) is 6.13. The third kappa shape index (κ3) is 5.86. The van der Waals surface area contributed by atoms with Crippen molar-refractivity contribution in [3.05, 3.63) is 88.5 Å². The van der Waals surface area contributed by atoms with Crippen molar-refractivity contribution < 1.29 is 28.6 Å². The van der Waals surface area contributed by atoms with Crippen molar-refractivity contribution in [3.63, 3.8) is 0 Å². The zero-order valence-electron chi connectivity index (χ0n) is 21.9. The van der Waals surface area contributed by atoms with Crippen molar-refractivity contribution in [2.75, 3.05) is 18.6 Å². The number of hydrogen-bond donors (Lipinski definition) is 1. The van der Waals surface area contributed by atoms with E-state index in [1.807, 2.05) is 13.0 Å². The number of benzene rings is 3. The summed E-state index contributed by atoms with van der Waals surface area (Å²) < 4.78 is 17.0. The Morgan fingerprint density at radius 1 is 0.868 bits per heavy atom. The lowest BCUT2D eigenvalue weighted by molar-refractivity contribution is -0.122. The lowest BCUT2D eigenvalue weighted by Crippen LogP contribution is -2.54. The number of barbiturate groups is 1. The smallest absolute Gasteiger partial charge is 0.335 e. The fourth-order valence-corrected chi connectivity index (χ4v) is 3.92. The Bertz CT molecular complexity index is 1390. The number of amides is 4. The van der Waals surface area contributed by atoms with Crippen molar-refractivity contribution in [2.24, 2.45) is 0 Å². The Balaban J connectivity index is 1.55. The van der Waals surface area contributed by atoms with Gasteiger partial charge in [0.15, 0.2) is 11.5 Å². The number of hydrogen-bond acceptors (Lipinski definition) is 6. The van der Waals surface area contributed by atoms with Crippen LogP contribution in [0.5, 0.6) is 17.2 Å². The van der Waals surface area contributed by atoms with Crippen LogP contribution in [-0.2, 0) is 16.2 Å². The minimum Gasteiger partial charge on any atom is -0.494 e. The van der Waals surface area contributed by atoms with Gasteiger partial charge in [-0.15, -0.1) is 0 Å². The summed E-state index contributed by atoms with van der Waals surface area (Å²) in [4.78, 5) is 39.3. The maximum absolute atomic E-state index is 13.2. The van der Waals surface area contributed by atoms with Crippen molar-refractivity contribution in [1.82, 2.24) is 5.32 Å². The summed E-state index contributed by atoms with van der Waals surface area (Å²) in [6.45, 7) is 7.03. The fraction of sp³-hybridized carbons (Fsp3) is 0.233. The minimum absolute atomic E-state index is 0.179. The van der Waals surface area contributed by atoms with Crippen molar-refractivity contribution in [1.29, 1.82) is 0 Å². The van der Waals surface area contributed by atoms with Crippen LogP contribution in [0.3, 0.4) is 0 Å². The van der Waals surface area contributed by atoms with Gasteiger partial charge < -0.3 is 14.2 Å². The van der Waals surface area contributed by atoms with Gasteiger partial charge >= 0.3 is 6.03 Å². The molecule has 0 unspecified atom stereocenters. The summed E-state index contributed by atoms with van der Waals surface area (Å²) in [5.41, 5.74) is 4.10. The van der Waals surface area contributed by atoms with E-state index in [9.17, 15) is 14.4 Å². The van der Waals surface area contributed by atoms with Gasteiger partial charge in [0.05, 0.1) is 19.4 Å². The fourth-order valence-electron chi connectivity index (χ4n) is 3.92. The van der Waals surface area contributed by atoms with E-state index in [-0.39, 0.29) is 5.57 Å². The van der Waals surface area contributed by atoms with Gasteiger partial charge in [-0.25, -0.2) is 9.69 Å². The summed E-state index contributed by atoms with van der Waals surface area (Å²) in [7, 11) is 1.52. The zero-order valence-corrected chi connectivity index (χ0v) is 21.9. The molecule has 0 aromatic heterocycles. The van der Waals surface area contributed by atoms with Gasteiger partial charge in [-0.2, -0.15) is 0 Å². The molecule has 1 heterocycles. The second-order valence-corrected chi connectivity index (χ2v) is 8.92. The van der Waals surface area contributed by atoms with Crippen molar-refractivity contribution in [2.45, 2.75) is 33.8 Å². The average molecular weight is 515 g/mol. The predicted octanol–water partition coefficient (Wildman–Crippen LogP) is 5.35. The monoisotopic (exact) mass is 514 g/mol. The van der Waals surface area contributed by atoms with Crippen LogP contribution in [0.25, 0.3) is 6.08 Å². The number of nitrogens with one attached hydrogen (secondary N) is 1. The molecule has 0 radical (unpaired) electrons.